The highest BCUT2D eigenvalue weighted by Crippen LogP contribution is 2.23. The number of esters is 1. The van der Waals surface area contributed by atoms with Gasteiger partial charge in [0.2, 0.25) is 0 Å². The second-order valence-corrected chi connectivity index (χ2v) is 6.33. The third kappa shape index (κ3) is 4.93. The number of nitro benzene ring substituents is 1. The van der Waals surface area contributed by atoms with Gasteiger partial charge in [0, 0.05) is 27.4 Å². The van der Waals surface area contributed by atoms with Gasteiger partial charge >= 0.3 is 5.97 Å². The molecule has 2 aromatic carbocycles. The van der Waals surface area contributed by atoms with E-state index in [1.54, 1.807) is 6.92 Å². The Morgan fingerprint density at radius 2 is 1.77 bits per heavy atom. The zero-order valence-corrected chi connectivity index (χ0v) is 15.3. The van der Waals surface area contributed by atoms with Crippen LogP contribution in [-0.2, 0) is 9.53 Å². The van der Waals surface area contributed by atoms with Crippen molar-refractivity contribution < 1.29 is 19.2 Å². The number of carbonyl (C=O) groups is 2. The molecule has 0 spiro atoms. The van der Waals surface area contributed by atoms with Crippen LogP contribution in [0.15, 0.2) is 36.4 Å². The number of anilines is 1. The van der Waals surface area contributed by atoms with Crippen molar-refractivity contribution in [3.05, 3.63) is 67.7 Å². The minimum atomic E-state index is -1.14. The van der Waals surface area contributed by atoms with Gasteiger partial charge in [-0.1, -0.05) is 29.3 Å². The van der Waals surface area contributed by atoms with Crippen molar-refractivity contribution in [2.24, 2.45) is 0 Å². The number of benzene rings is 2. The van der Waals surface area contributed by atoms with Gasteiger partial charge < -0.3 is 10.1 Å². The Morgan fingerprint density at radius 3 is 2.35 bits per heavy atom. The van der Waals surface area contributed by atoms with Gasteiger partial charge in [-0.3, -0.25) is 14.9 Å². The lowest BCUT2D eigenvalue weighted by molar-refractivity contribution is -0.385. The van der Waals surface area contributed by atoms with Crippen molar-refractivity contribution in [1.29, 1.82) is 0 Å². The SMILES string of the molecule is Cc1ccc(C(=O)O[C@@H](C)C(=O)Nc2cc(Cl)cc(Cl)c2)cc1[N+](=O)[O-]. The average molecular weight is 397 g/mol. The molecular weight excluding hydrogens is 383 g/mol. The van der Waals surface area contributed by atoms with E-state index in [4.69, 9.17) is 27.9 Å². The molecule has 2 aromatic rings. The Morgan fingerprint density at radius 1 is 1.15 bits per heavy atom. The number of nitrogens with one attached hydrogen (secondary N) is 1. The van der Waals surface area contributed by atoms with E-state index < -0.39 is 22.9 Å². The fourth-order valence-corrected chi connectivity index (χ4v) is 2.61. The van der Waals surface area contributed by atoms with Crippen LogP contribution in [0, 0.1) is 17.0 Å². The maximum absolute atomic E-state index is 12.1. The van der Waals surface area contributed by atoms with Crippen molar-refractivity contribution in [2.75, 3.05) is 5.32 Å². The van der Waals surface area contributed by atoms with Gasteiger partial charge in [-0.2, -0.15) is 0 Å². The van der Waals surface area contributed by atoms with Gasteiger partial charge in [0.15, 0.2) is 6.10 Å². The minimum Gasteiger partial charge on any atom is -0.449 e. The summed E-state index contributed by atoms with van der Waals surface area (Å²) in [7, 11) is 0. The zero-order valence-electron chi connectivity index (χ0n) is 13.8. The maximum atomic E-state index is 12.1. The number of hydrogen-bond donors (Lipinski definition) is 1. The molecule has 1 atom stereocenters. The molecule has 0 aromatic heterocycles. The van der Waals surface area contributed by atoms with E-state index >= 15 is 0 Å². The van der Waals surface area contributed by atoms with Gasteiger partial charge in [0.05, 0.1) is 10.5 Å². The van der Waals surface area contributed by atoms with Crippen LogP contribution in [0.2, 0.25) is 10.0 Å². The summed E-state index contributed by atoms with van der Waals surface area (Å²) >= 11 is 11.7. The third-order valence-electron chi connectivity index (χ3n) is 3.42. The number of halogens is 2. The molecule has 0 fully saturated rings. The molecule has 9 heteroatoms. The van der Waals surface area contributed by atoms with Crippen molar-refractivity contribution in [1.82, 2.24) is 0 Å². The molecule has 0 bridgehead atoms. The van der Waals surface area contributed by atoms with Crippen molar-refractivity contribution in [2.45, 2.75) is 20.0 Å². The van der Waals surface area contributed by atoms with E-state index in [9.17, 15) is 19.7 Å². The first-order valence-electron chi connectivity index (χ1n) is 7.40. The van der Waals surface area contributed by atoms with Crippen LogP contribution in [-0.4, -0.2) is 22.9 Å². The molecule has 1 N–H and O–H groups in total. The zero-order chi connectivity index (χ0) is 19.4. The Balaban J connectivity index is 2.07. The number of hydrogen-bond acceptors (Lipinski definition) is 5. The molecule has 7 nitrogen and oxygen atoms in total. The largest absolute Gasteiger partial charge is 0.449 e. The molecule has 0 aliphatic heterocycles. The average Bonchev–Trinajstić information content (AvgIpc) is 2.53. The predicted octanol–water partition coefficient (Wildman–Crippen LogP) is 4.39. The van der Waals surface area contributed by atoms with Crippen LogP contribution in [0.3, 0.4) is 0 Å². The Hall–Kier alpha value is -2.64. The predicted molar refractivity (Wildman–Crippen MR) is 97.8 cm³/mol. The van der Waals surface area contributed by atoms with Gasteiger partial charge in [0.1, 0.15) is 0 Å². The van der Waals surface area contributed by atoms with Gasteiger partial charge in [-0.25, -0.2) is 4.79 Å². The topological polar surface area (TPSA) is 98.5 Å². The molecule has 0 aliphatic carbocycles. The number of ether oxygens (including phenoxy) is 1. The minimum absolute atomic E-state index is 0.0206. The standard InChI is InChI=1S/C17H14Cl2N2O5/c1-9-3-4-11(5-15(9)21(24)25)17(23)26-10(2)16(22)20-14-7-12(18)6-13(19)8-14/h3-8,10H,1-2H3,(H,20,22)/t10-/m0/s1. The molecule has 0 aliphatic rings. The maximum Gasteiger partial charge on any atom is 0.339 e. The number of rotatable bonds is 5. The molecule has 0 unspecified atom stereocenters. The summed E-state index contributed by atoms with van der Waals surface area (Å²) in [6.45, 7) is 2.93. The fraction of sp³-hybridized carbons (Fsp3) is 0.176. The quantitative estimate of drug-likeness (QED) is 0.458. The van der Waals surface area contributed by atoms with Crippen molar-refractivity contribution >= 4 is 46.5 Å². The number of nitrogens with zero attached hydrogens (tertiary/aromatic N) is 1. The van der Waals surface area contributed by atoms with Crippen LogP contribution in [0.25, 0.3) is 0 Å². The Labute approximate surface area is 159 Å². The molecule has 26 heavy (non-hydrogen) atoms. The van der Waals surface area contributed by atoms with E-state index in [0.29, 0.717) is 21.3 Å². The highest BCUT2D eigenvalue weighted by atomic mass is 35.5. The Bertz CT molecular complexity index is 865. The monoisotopic (exact) mass is 396 g/mol. The Kier molecular flexibility index (Phi) is 6.18. The normalized spacial score (nSPS) is 11.5. The summed E-state index contributed by atoms with van der Waals surface area (Å²) in [5.74, 6) is -1.45. The lowest BCUT2D eigenvalue weighted by Crippen LogP contribution is -2.30. The number of amides is 1. The molecule has 1 amide bonds. The van der Waals surface area contributed by atoms with E-state index in [2.05, 4.69) is 5.32 Å². The van der Waals surface area contributed by atoms with Crippen LogP contribution < -0.4 is 5.32 Å². The molecule has 136 valence electrons. The second-order valence-electron chi connectivity index (χ2n) is 5.45. The molecular formula is C17H14Cl2N2O5. The van der Waals surface area contributed by atoms with Crippen molar-refractivity contribution in [3.63, 3.8) is 0 Å². The van der Waals surface area contributed by atoms with Gasteiger partial charge in [-0.15, -0.1) is 0 Å². The number of aryl methyl sites for hydroxylation is 1. The highest BCUT2D eigenvalue weighted by molar-refractivity contribution is 6.35. The van der Waals surface area contributed by atoms with Gasteiger partial charge in [0.25, 0.3) is 11.6 Å². The molecule has 2 rings (SSSR count). The van der Waals surface area contributed by atoms with Crippen LogP contribution in [0.5, 0.6) is 0 Å². The van der Waals surface area contributed by atoms with Crippen LogP contribution >= 0.6 is 23.2 Å². The van der Waals surface area contributed by atoms with E-state index in [1.165, 1.54) is 37.3 Å². The second kappa shape index (κ2) is 8.16. The number of nitro groups is 1. The molecule has 0 radical (unpaired) electrons. The first kappa shape index (κ1) is 19.7. The summed E-state index contributed by atoms with van der Waals surface area (Å²) in [5.41, 5.74) is 0.537. The van der Waals surface area contributed by atoms with E-state index in [0.717, 1.165) is 6.07 Å². The van der Waals surface area contributed by atoms with E-state index in [1.807, 2.05) is 0 Å². The smallest absolute Gasteiger partial charge is 0.339 e. The van der Waals surface area contributed by atoms with Crippen LogP contribution in [0.1, 0.15) is 22.8 Å². The lowest BCUT2D eigenvalue weighted by atomic mass is 10.1. The van der Waals surface area contributed by atoms with Gasteiger partial charge in [-0.05, 0) is 38.1 Å². The summed E-state index contributed by atoms with van der Waals surface area (Å²) < 4.78 is 5.07. The summed E-state index contributed by atoms with van der Waals surface area (Å²) in [4.78, 5) is 34.6. The van der Waals surface area contributed by atoms with Crippen molar-refractivity contribution in [3.8, 4) is 0 Å². The summed E-state index contributed by atoms with van der Waals surface area (Å²) in [5, 5.41) is 14.2. The molecule has 0 saturated carbocycles. The fourth-order valence-electron chi connectivity index (χ4n) is 2.09. The highest BCUT2D eigenvalue weighted by Gasteiger charge is 2.21. The first-order valence-corrected chi connectivity index (χ1v) is 8.16. The van der Waals surface area contributed by atoms with E-state index in [-0.39, 0.29) is 11.3 Å². The summed E-state index contributed by atoms with van der Waals surface area (Å²) in [6.07, 6.45) is -1.14. The van der Waals surface area contributed by atoms with Crippen LogP contribution in [0.4, 0.5) is 11.4 Å². The molecule has 0 saturated heterocycles. The number of carbonyl (C=O) groups excluding carboxylic acids is 2. The lowest BCUT2D eigenvalue weighted by Gasteiger charge is -2.14. The first-order chi connectivity index (χ1) is 12.2. The molecule has 0 heterocycles. The summed E-state index contributed by atoms with van der Waals surface area (Å²) in [6, 6.07) is 8.43. The third-order valence-corrected chi connectivity index (χ3v) is 3.86.